The van der Waals surface area contributed by atoms with Gasteiger partial charge in [0, 0.05) is 11.1 Å². The minimum atomic E-state index is 0.937. The predicted molar refractivity (Wildman–Crippen MR) is 117 cm³/mol. The second-order valence-electron chi connectivity index (χ2n) is 6.99. The Balaban J connectivity index is 2.04. The molecule has 27 heavy (non-hydrogen) atoms. The first-order valence-corrected chi connectivity index (χ1v) is 9.18. The standard InChI is InChI=1S/C27H18/c1-3-19-13-14-20-8-4-6-10-23(20)26(19)25-16-12-18(2)22-17-15-21-9-5-7-11-24(21)27(22)25/h1,4-17H,2H3. The van der Waals surface area contributed by atoms with Gasteiger partial charge < -0.3 is 0 Å². The van der Waals surface area contributed by atoms with Gasteiger partial charge in [-0.25, -0.2) is 0 Å². The third kappa shape index (κ3) is 2.33. The van der Waals surface area contributed by atoms with Crippen LogP contribution in [-0.2, 0) is 0 Å². The Labute approximate surface area is 159 Å². The Hall–Kier alpha value is -3.56. The highest BCUT2D eigenvalue weighted by Gasteiger charge is 2.14. The molecule has 0 aliphatic rings. The van der Waals surface area contributed by atoms with E-state index in [0.717, 1.165) is 11.1 Å². The van der Waals surface area contributed by atoms with E-state index in [9.17, 15) is 0 Å². The van der Waals surface area contributed by atoms with Gasteiger partial charge >= 0.3 is 0 Å². The van der Waals surface area contributed by atoms with Crippen LogP contribution in [-0.4, -0.2) is 0 Å². The number of hydrogen-bond acceptors (Lipinski definition) is 0. The highest BCUT2D eigenvalue weighted by Crippen LogP contribution is 2.40. The molecule has 0 bridgehead atoms. The third-order valence-corrected chi connectivity index (χ3v) is 5.48. The van der Waals surface area contributed by atoms with Gasteiger partial charge in [-0.1, -0.05) is 84.8 Å². The molecule has 0 nitrogen and oxygen atoms in total. The maximum Gasteiger partial charge on any atom is 0.0327 e. The predicted octanol–water partition coefficient (Wildman–Crippen LogP) is 7.10. The topological polar surface area (TPSA) is 0 Å². The molecule has 0 saturated carbocycles. The molecule has 0 radical (unpaired) electrons. The van der Waals surface area contributed by atoms with Gasteiger partial charge in [0.05, 0.1) is 0 Å². The number of fused-ring (bicyclic) bond motifs is 4. The minimum Gasteiger partial charge on any atom is -0.115 e. The molecule has 0 aliphatic carbocycles. The lowest BCUT2D eigenvalue weighted by Crippen LogP contribution is -1.91. The van der Waals surface area contributed by atoms with Crippen LogP contribution in [0.25, 0.3) is 43.4 Å². The van der Waals surface area contributed by atoms with Crippen LogP contribution < -0.4 is 0 Å². The first-order chi connectivity index (χ1) is 13.3. The van der Waals surface area contributed by atoms with Crippen molar-refractivity contribution in [3.8, 4) is 23.5 Å². The zero-order chi connectivity index (χ0) is 18.4. The molecule has 0 N–H and O–H groups in total. The average Bonchev–Trinajstić information content (AvgIpc) is 2.73. The molecule has 0 fully saturated rings. The maximum absolute atomic E-state index is 5.92. The van der Waals surface area contributed by atoms with Crippen LogP contribution in [0.15, 0.2) is 84.9 Å². The molecule has 0 amide bonds. The molecule has 0 spiro atoms. The summed E-state index contributed by atoms with van der Waals surface area (Å²) in [5, 5.41) is 7.48. The van der Waals surface area contributed by atoms with E-state index in [-0.39, 0.29) is 0 Å². The molecule has 5 aromatic rings. The number of rotatable bonds is 1. The van der Waals surface area contributed by atoms with E-state index in [1.165, 1.54) is 43.4 Å². The number of terminal acetylenes is 1. The average molecular weight is 342 g/mol. The van der Waals surface area contributed by atoms with Gasteiger partial charge in [0.2, 0.25) is 0 Å². The van der Waals surface area contributed by atoms with Gasteiger partial charge in [-0.3, -0.25) is 0 Å². The fraction of sp³-hybridized carbons (Fsp3) is 0.0370. The summed E-state index contributed by atoms with van der Waals surface area (Å²) in [6.07, 6.45) is 5.92. The molecule has 126 valence electrons. The lowest BCUT2D eigenvalue weighted by molar-refractivity contribution is 1.53. The summed E-state index contributed by atoms with van der Waals surface area (Å²) in [4.78, 5) is 0. The van der Waals surface area contributed by atoms with Crippen LogP contribution in [0.1, 0.15) is 11.1 Å². The molecule has 5 rings (SSSR count). The Morgan fingerprint density at radius 1 is 0.630 bits per heavy atom. The molecule has 5 aromatic carbocycles. The van der Waals surface area contributed by atoms with E-state index in [1.807, 2.05) is 0 Å². The smallest absolute Gasteiger partial charge is 0.0327 e. The summed E-state index contributed by atoms with van der Waals surface area (Å²) in [7, 11) is 0. The fourth-order valence-electron chi connectivity index (χ4n) is 4.16. The van der Waals surface area contributed by atoms with Gasteiger partial charge in [-0.2, -0.15) is 0 Å². The van der Waals surface area contributed by atoms with Crippen LogP contribution in [0.2, 0.25) is 0 Å². The minimum absolute atomic E-state index is 0.937. The van der Waals surface area contributed by atoms with Crippen LogP contribution >= 0.6 is 0 Å². The van der Waals surface area contributed by atoms with Crippen molar-refractivity contribution in [2.75, 3.05) is 0 Å². The van der Waals surface area contributed by atoms with Gasteiger partial charge in [0.15, 0.2) is 0 Å². The summed E-state index contributed by atoms with van der Waals surface area (Å²) in [6, 6.07) is 30.1. The van der Waals surface area contributed by atoms with Crippen LogP contribution in [0, 0.1) is 19.3 Å². The van der Waals surface area contributed by atoms with Gasteiger partial charge in [-0.05, 0) is 56.4 Å². The molecular weight excluding hydrogens is 324 g/mol. The molecule has 0 aromatic heterocycles. The van der Waals surface area contributed by atoms with Crippen molar-refractivity contribution in [2.24, 2.45) is 0 Å². The molecular formula is C27H18. The molecule has 0 saturated heterocycles. The quantitative estimate of drug-likeness (QED) is 0.225. The molecule has 0 aliphatic heterocycles. The van der Waals surface area contributed by atoms with Gasteiger partial charge in [0.1, 0.15) is 0 Å². The van der Waals surface area contributed by atoms with E-state index in [4.69, 9.17) is 6.42 Å². The lowest BCUT2D eigenvalue weighted by Gasteiger charge is -2.16. The Kier molecular flexibility index (Phi) is 3.49. The summed E-state index contributed by atoms with van der Waals surface area (Å²) in [5.41, 5.74) is 4.57. The second-order valence-corrected chi connectivity index (χ2v) is 6.99. The monoisotopic (exact) mass is 342 g/mol. The zero-order valence-corrected chi connectivity index (χ0v) is 15.2. The highest BCUT2D eigenvalue weighted by atomic mass is 14.2. The lowest BCUT2D eigenvalue weighted by atomic mass is 9.87. The van der Waals surface area contributed by atoms with Crippen molar-refractivity contribution in [3.63, 3.8) is 0 Å². The summed E-state index contributed by atoms with van der Waals surface area (Å²) in [6.45, 7) is 2.17. The maximum atomic E-state index is 5.92. The number of hydrogen-bond donors (Lipinski definition) is 0. The van der Waals surface area contributed by atoms with E-state index in [2.05, 4.69) is 97.8 Å². The van der Waals surface area contributed by atoms with Crippen molar-refractivity contribution in [2.45, 2.75) is 6.92 Å². The molecule has 0 unspecified atom stereocenters. The van der Waals surface area contributed by atoms with Crippen molar-refractivity contribution >= 4 is 32.3 Å². The highest BCUT2D eigenvalue weighted by molar-refractivity contribution is 6.18. The van der Waals surface area contributed by atoms with E-state index in [1.54, 1.807) is 0 Å². The normalized spacial score (nSPS) is 11.1. The molecule has 0 heterocycles. The summed E-state index contributed by atoms with van der Waals surface area (Å²) in [5.74, 6) is 2.91. The Bertz CT molecular complexity index is 1380. The summed E-state index contributed by atoms with van der Waals surface area (Å²) < 4.78 is 0. The third-order valence-electron chi connectivity index (χ3n) is 5.48. The SMILES string of the molecule is C#Cc1ccc2ccccc2c1-c1ccc(C)c2ccc3ccccc3c12. The first kappa shape index (κ1) is 15.7. The van der Waals surface area contributed by atoms with Crippen molar-refractivity contribution < 1.29 is 0 Å². The summed E-state index contributed by atoms with van der Waals surface area (Å²) >= 11 is 0. The van der Waals surface area contributed by atoms with E-state index < -0.39 is 0 Å². The van der Waals surface area contributed by atoms with Crippen LogP contribution in [0.3, 0.4) is 0 Å². The van der Waals surface area contributed by atoms with E-state index >= 15 is 0 Å². The molecule has 0 atom stereocenters. The fourth-order valence-corrected chi connectivity index (χ4v) is 4.16. The number of aryl methyl sites for hydroxylation is 1. The largest absolute Gasteiger partial charge is 0.115 e. The van der Waals surface area contributed by atoms with Crippen LogP contribution in [0.4, 0.5) is 0 Å². The van der Waals surface area contributed by atoms with E-state index in [0.29, 0.717) is 0 Å². The second kappa shape index (κ2) is 6.01. The number of benzene rings is 5. The zero-order valence-electron chi connectivity index (χ0n) is 15.2. The van der Waals surface area contributed by atoms with Crippen molar-refractivity contribution in [1.82, 2.24) is 0 Å². The molecule has 0 heteroatoms. The van der Waals surface area contributed by atoms with Crippen molar-refractivity contribution in [1.29, 1.82) is 0 Å². The van der Waals surface area contributed by atoms with Gasteiger partial charge in [-0.15, -0.1) is 6.42 Å². The first-order valence-electron chi connectivity index (χ1n) is 9.18. The van der Waals surface area contributed by atoms with Crippen LogP contribution in [0.5, 0.6) is 0 Å². The Morgan fingerprint density at radius 2 is 1.30 bits per heavy atom. The van der Waals surface area contributed by atoms with Crippen molar-refractivity contribution in [3.05, 3.63) is 96.1 Å². The van der Waals surface area contributed by atoms with Gasteiger partial charge in [0.25, 0.3) is 0 Å². The Morgan fingerprint density at radius 3 is 2.07 bits per heavy atom.